The van der Waals surface area contributed by atoms with Gasteiger partial charge in [0.15, 0.2) is 0 Å². The van der Waals surface area contributed by atoms with Crippen molar-refractivity contribution in [2.75, 3.05) is 23.5 Å². The first-order valence-corrected chi connectivity index (χ1v) is 12.2. The second-order valence-corrected chi connectivity index (χ2v) is 8.47. The number of imidazole rings is 1. The number of fused-ring (bicyclic) bond motifs is 1. The zero-order valence-corrected chi connectivity index (χ0v) is 21.5. The van der Waals surface area contributed by atoms with Crippen LogP contribution in [0.2, 0.25) is 0 Å². The number of amidine groups is 1. The van der Waals surface area contributed by atoms with E-state index in [4.69, 9.17) is 30.7 Å². The molecule has 39 heavy (non-hydrogen) atoms. The summed E-state index contributed by atoms with van der Waals surface area (Å²) in [6.07, 6.45) is 0.338. The van der Waals surface area contributed by atoms with Crippen LogP contribution >= 0.6 is 0 Å². The van der Waals surface area contributed by atoms with Gasteiger partial charge in [-0.2, -0.15) is 0 Å². The summed E-state index contributed by atoms with van der Waals surface area (Å²) in [5, 5.41) is 21.9. The highest BCUT2D eigenvalue weighted by Gasteiger charge is 2.23. The number of nitrogens with zero attached hydrogens (tertiary/aromatic N) is 4. The second-order valence-electron chi connectivity index (χ2n) is 8.47. The first kappa shape index (κ1) is 26.9. The van der Waals surface area contributed by atoms with Crippen LogP contribution in [0.3, 0.4) is 0 Å². The maximum Gasteiger partial charge on any atom is 0.511 e. The summed E-state index contributed by atoms with van der Waals surface area (Å²) in [5.41, 5.74) is 8.70. The van der Waals surface area contributed by atoms with Crippen molar-refractivity contribution in [1.82, 2.24) is 14.6 Å². The minimum atomic E-state index is -1.42. The molecule has 12 nitrogen and oxygen atoms in total. The summed E-state index contributed by atoms with van der Waals surface area (Å²) in [4.78, 5) is 32.8. The average molecular weight is 532 g/mol. The van der Waals surface area contributed by atoms with E-state index in [1.807, 2.05) is 34.0 Å². The van der Waals surface area contributed by atoms with Crippen molar-refractivity contribution >= 4 is 40.5 Å². The standard InChI is InChI=1S/C27H29N7O5/c1-3-38-24(35)13-15-33(22-6-4-5-14-30-22)34-20-11-12-21(39-27(36)37)17(2)25(20)32-23(34)16-31-19-9-7-18(8-10-19)26(28)29/h4-12,14,31H,3,13,15-16H2,1-2H3,(H3,28,29)(H,36,37). The van der Waals surface area contributed by atoms with Crippen LogP contribution in [0, 0.1) is 12.3 Å². The minimum Gasteiger partial charge on any atom is -0.466 e. The van der Waals surface area contributed by atoms with Crippen LogP contribution in [0.25, 0.3) is 11.0 Å². The third kappa shape index (κ3) is 6.24. The van der Waals surface area contributed by atoms with Gasteiger partial charge in [0.05, 0.1) is 37.2 Å². The van der Waals surface area contributed by atoms with Crippen molar-refractivity contribution in [2.45, 2.75) is 26.8 Å². The summed E-state index contributed by atoms with van der Waals surface area (Å²) < 4.78 is 12.0. The molecule has 0 spiro atoms. The van der Waals surface area contributed by atoms with E-state index in [1.165, 1.54) is 0 Å². The molecule has 0 aliphatic heterocycles. The Labute approximate surface area is 224 Å². The number of pyridine rings is 1. The lowest BCUT2D eigenvalue weighted by Gasteiger charge is -2.27. The van der Waals surface area contributed by atoms with E-state index in [-0.39, 0.29) is 43.7 Å². The zero-order valence-electron chi connectivity index (χ0n) is 21.5. The molecule has 0 radical (unpaired) electrons. The van der Waals surface area contributed by atoms with Gasteiger partial charge in [0.25, 0.3) is 0 Å². The number of benzene rings is 2. The number of nitrogens with two attached hydrogens (primary N) is 1. The van der Waals surface area contributed by atoms with Crippen LogP contribution in [-0.2, 0) is 16.1 Å². The van der Waals surface area contributed by atoms with Gasteiger partial charge in [-0.05, 0) is 62.4 Å². The third-order valence-corrected chi connectivity index (χ3v) is 5.91. The highest BCUT2D eigenvalue weighted by Crippen LogP contribution is 2.30. The molecule has 0 aliphatic rings. The quantitative estimate of drug-likeness (QED) is 0.0963. The molecule has 2 aromatic heterocycles. The Kier molecular flexibility index (Phi) is 8.24. The number of esters is 1. The van der Waals surface area contributed by atoms with Crippen LogP contribution < -0.4 is 20.8 Å². The number of carboxylic acid groups (broad SMARTS) is 1. The summed E-state index contributed by atoms with van der Waals surface area (Å²) in [7, 11) is 0. The van der Waals surface area contributed by atoms with Crippen molar-refractivity contribution in [2.24, 2.45) is 5.73 Å². The fraction of sp³-hybridized carbons (Fsp3) is 0.222. The molecule has 0 saturated carbocycles. The van der Waals surface area contributed by atoms with E-state index in [2.05, 4.69) is 10.3 Å². The first-order chi connectivity index (χ1) is 18.8. The van der Waals surface area contributed by atoms with Gasteiger partial charge in [0.2, 0.25) is 0 Å². The Balaban J connectivity index is 1.79. The van der Waals surface area contributed by atoms with Gasteiger partial charge in [0, 0.05) is 23.0 Å². The van der Waals surface area contributed by atoms with Crippen LogP contribution in [0.5, 0.6) is 5.75 Å². The number of hydrogen-bond acceptors (Lipinski definition) is 9. The SMILES string of the molecule is CCOC(=O)CCN(c1ccccn1)n1c(CNc2ccc(C(=N)N)cc2)nc2c(C)c(OC(=O)O)ccc21. The average Bonchev–Trinajstić information content (AvgIpc) is 3.29. The minimum absolute atomic E-state index is 0.0224. The zero-order chi connectivity index (χ0) is 27.9. The van der Waals surface area contributed by atoms with Gasteiger partial charge >= 0.3 is 12.1 Å². The molecule has 0 amide bonds. The number of nitrogens with one attached hydrogen (secondary N) is 2. The van der Waals surface area contributed by atoms with Crippen LogP contribution in [0.1, 0.15) is 30.3 Å². The number of rotatable bonds is 11. The van der Waals surface area contributed by atoms with E-state index < -0.39 is 6.16 Å². The van der Waals surface area contributed by atoms with Gasteiger partial charge in [-0.25, -0.2) is 19.4 Å². The van der Waals surface area contributed by atoms with Crippen molar-refractivity contribution in [3.63, 3.8) is 0 Å². The van der Waals surface area contributed by atoms with Gasteiger partial charge < -0.3 is 25.6 Å². The number of aromatic nitrogens is 3. The number of anilines is 2. The number of hydrogen-bond donors (Lipinski definition) is 4. The summed E-state index contributed by atoms with van der Waals surface area (Å²) in [6.45, 7) is 4.28. The maximum atomic E-state index is 12.3. The van der Waals surface area contributed by atoms with Crippen molar-refractivity contribution < 1.29 is 24.2 Å². The number of nitrogen functional groups attached to an aromatic ring is 1. The van der Waals surface area contributed by atoms with Crippen molar-refractivity contribution in [3.8, 4) is 5.75 Å². The third-order valence-electron chi connectivity index (χ3n) is 5.91. The van der Waals surface area contributed by atoms with Crippen LogP contribution in [0.4, 0.5) is 16.3 Å². The lowest BCUT2D eigenvalue weighted by atomic mass is 10.2. The Bertz CT molecular complexity index is 1490. The fourth-order valence-corrected chi connectivity index (χ4v) is 4.09. The molecule has 0 atom stereocenters. The molecule has 0 unspecified atom stereocenters. The Morgan fingerprint density at radius 3 is 2.56 bits per heavy atom. The molecule has 0 bridgehead atoms. The van der Waals surface area contributed by atoms with Crippen molar-refractivity contribution in [1.29, 1.82) is 5.41 Å². The van der Waals surface area contributed by atoms with Gasteiger partial charge in [-0.1, -0.05) is 6.07 Å². The van der Waals surface area contributed by atoms with E-state index in [1.54, 1.807) is 50.4 Å². The maximum absolute atomic E-state index is 12.3. The second kappa shape index (κ2) is 11.9. The first-order valence-electron chi connectivity index (χ1n) is 12.2. The predicted molar refractivity (Wildman–Crippen MR) is 146 cm³/mol. The number of carbonyl (C=O) groups excluding carboxylic acids is 1. The molecule has 5 N–H and O–H groups in total. The Morgan fingerprint density at radius 2 is 1.92 bits per heavy atom. The highest BCUT2D eigenvalue weighted by molar-refractivity contribution is 5.95. The number of carbonyl (C=O) groups is 2. The predicted octanol–water partition coefficient (Wildman–Crippen LogP) is 3.92. The summed E-state index contributed by atoms with van der Waals surface area (Å²) in [6, 6.07) is 15.9. The van der Waals surface area contributed by atoms with Gasteiger partial charge in [-0.15, -0.1) is 0 Å². The van der Waals surface area contributed by atoms with Gasteiger partial charge in [-0.3, -0.25) is 15.2 Å². The Morgan fingerprint density at radius 1 is 1.15 bits per heavy atom. The molecule has 4 rings (SSSR count). The molecular formula is C27H29N7O5. The van der Waals surface area contributed by atoms with Crippen LogP contribution in [0.15, 0.2) is 60.8 Å². The smallest absolute Gasteiger partial charge is 0.466 e. The molecule has 2 heterocycles. The molecular weight excluding hydrogens is 502 g/mol. The lowest BCUT2D eigenvalue weighted by molar-refractivity contribution is -0.142. The fourth-order valence-electron chi connectivity index (χ4n) is 4.09. The largest absolute Gasteiger partial charge is 0.511 e. The lowest BCUT2D eigenvalue weighted by Crippen LogP contribution is -2.34. The highest BCUT2D eigenvalue weighted by atomic mass is 16.7. The van der Waals surface area contributed by atoms with Crippen molar-refractivity contribution in [3.05, 3.63) is 77.7 Å². The summed E-state index contributed by atoms with van der Waals surface area (Å²) in [5.74, 6) is 0.963. The molecule has 4 aromatic rings. The monoisotopic (exact) mass is 531 g/mol. The molecule has 0 saturated heterocycles. The van der Waals surface area contributed by atoms with E-state index in [9.17, 15) is 9.59 Å². The Hall–Kier alpha value is -5.13. The topological polar surface area (TPSA) is 169 Å². The normalized spacial score (nSPS) is 10.7. The molecule has 0 aliphatic carbocycles. The van der Waals surface area contributed by atoms with Crippen LogP contribution in [-0.4, -0.2) is 50.9 Å². The number of aryl methyl sites for hydroxylation is 1. The van der Waals surface area contributed by atoms with E-state index >= 15 is 0 Å². The van der Waals surface area contributed by atoms with Gasteiger partial charge in [0.1, 0.15) is 23.2 Å². The van der Waals surface area contributed by atoms with E-state index in [0.29, 0.717) is 33.8 Å². The summed E-state index contributed by atoms with van der Waals surface area (Å²) >= 11 is 0. The molecule has 0 fully saturated rings. The molecule has 2 aromatic carbocycles. The number of ether oxygens (including phenoxy) is 2. The molecule has 202 valence electrons. The molecule has 12 heteroatoms. The van der Waals surface area contributed by atoms with E-state index in [0.717, 1.165) is 5.69 Å².